The first-order valence-electron chi connectivity index (χ1n) is 3.87. The van der Waals surface area contributed by atoms with Crippen LogP contribution in [0.4, 0.5) is 0 Å². The molecular formula is C7H8N4OS. The highest BCUT2D eigenvalue weighted by Crippen LogP contribution is 2.20. The summed E-state index contributed by atoms with van der Waals surface area (Å²) in [5, 5.41) is 8.26. The monoisotopic (exact) mass is 196 g/mol. The van der Waals surface area contributed by atoms with Crippen LogP contribution < -0.4 is 0 Å². The molecule has 5 nitrogen and oxygen atoms in total. The summed E-state index contributed by atoms with van der Waals surface area (Å²) in [7, 11) is 0. The summed E-state index contributed by atoms with van der Waals surface area (Å²) in [5.74, 6) is 1.28. The quantitative estimate of drug-likeness (QED) is 0.731. The maximum atomic E-state index is 4.97. The van der Waals surface area contributed by atoms with Gasteiger partial charge in [0.2, 0.25) is 12.2 Å². The van der Waals surface area contributed by atoms with E-state index >= 15 is 0 Å². The van der Waals surface area contributed by atoms with Crippen molar-refractivity contribution >= 4 is 11.5 Å². The van der Waals surface area contributed by atoms with E-state index in [1.165, 1.54) is 17.9 Å². The Labute approximate surface area is 79.0 Å². The Hall–Kier alpha value is -1.30. The Balaban J connectivity index is 2.33. The van der Waals surface area contributed by atoms with Gasteiger partial charge in [-0.1, -0.05) is 13.8 Å². The first-order chi connectivity index (χ1) is 6.27. The van der Waals surface area contributed by atoms with E-state index in [9.17, 15) is 0 Å². The molecular weight excluding hydrogens is 188 g/mol. The number of hydrogen-bond donors (Lipinski definition) is 0. The van der Waals surface area contributed by atoms with E-state index in [1.807, 2.05) is 0 Å². The largest absolute Gasteiger partial charge is 0.421 e. The predicted octanol–water partition coefficient (Wildman–Crippen LogP) is 1.71. The molecule has 0 spiro atoms. The lowest BCUT2D eigenvalue weighted by Crippen LogP contribution is -1.86. The lowest BCUT2D eigenvalue weighted by Gasteiger charge is -1.93. The summed E-state index contributed by atoms with van der Waals surface area (Å²) in [5.41, 5.74) is 0. The third-order valence-electron chi connectivity index (χ3n) is 1.49. The van der Waals surface area contributed by atoms with Crippen LogP contribution in [0.15, 0.2) is 10.8 Å². The Morgan fingerprint density at radius 3 is 2.85 bits per heavy atom. The van der Waals surface area contributed by atoms with Crippen LogP contribution in [0.5, 0.6) is 0 Å². The van der Waals surface area contributed by atoms with E-state index in [2.05, 4.69) is 33.4 Å². The molecule has 68 valence electrons. The van der Waals surface area contributed by atoms with E-state index in [-0.39, 0.29) is 0 Å². The van der Waals surface area contributed by atoms with Gasteiger partial charge >= 0.3 is 0 Å². The van der Waals surface area contributed by atoms with Crippen molar-refractivity contribution in [3.63, 3.8) is 0 Å². The number of rotatable bonds is 2. The van der Waals surface area contributed by atoms with Gasteiger partial charge in [0, 0.05) is 5.92 Å². The van der Waals surface area contributed by atoms with Gasteiger partial charge in [0.1, 0.15) is 5.01 Å². The Morgan fingerprint density at radius 2 is 2.31 bits per heavy atom. The average Bonchev–Trinajstić information content (AvgIpc) is 2.75. The van der Waals surface area contributed by atoms with Crippen molar-refractivity contribution in [2.75, 3.05) is 0 Å². The van der Waals surface area contributed by atoms with Crippen molar-refractivity contribution in [3.05, 3.63) is 11.4 Å². The smallest absolute Gasteiger partial charge is 0.286 e. The maximum absolute atomic E-state index is 4.97. The molecule has 0 aliphatic rings. The van der Waals surface area contributed by atoms with Crippen molar-refractivity contribution in [1.82, 2.24) is 19.6 Å². The molecule has 0 aliphatic heterocycles. The molecule has 2 heterocycles. The second kappa shape index (κ2) is 3.21. The Morgan fingerprint density at radius 1 is 1.46 bits per heavy atom. The van der Waals surface area contributed by atoms with Gasteiger partial charge in [-0.2, -0.15) is 4.37 Å². The zero-order chi connectivity index (χ0) is 9.26. The fourth-order valence-electron chi connectivity index (χ4n) is 0.827. The van der Waals surface area contributed by atoms with E-state index in [4.69, 9.17) is 4.42 Å². The molecule has 2 rings (SSSR count). The Bertz CT molecular complexity index is 381. The van der Waals surface area contributed by atoms with E-state index in [1.54, 1.807) is 0 Å². The topological polar surface area (TPSA) is 64.7 Å². The van der Waals surface area contributed by atoms with Gasteiger partial charge in [0.25, 0.3) is 5.89 Å². The summed E-state index contributed by atoms with van der Waals surface area (Å²) < 4.78 is 9.09. The maximum Gasteiger partial charge on any atom is 0.286 e. The second-order valence-corrected chi connectivity index (χ2v) is 3.64. The van der Waals surface area contributed by atoms with Crippen molar-refractivity contribution in [2.45, 2.75) is 19.8 Å². The molecule has 2 aromatic rings. The third kappa shape index (κ3) is 1.57. The predicted molar refractivity (Wildman–Crippen MR) is 47.3 cm³/mol. The molecule has 0 bridgehead atoms. The molecule has 0 saturated heterocycles. The first-order valence-corrected chi connectivity index (χ1v) is 4.65. The fraction of sp³-hybridized carbons (Fsp3) is 0.429. The molecule has 0 radical (unpaired) electrons. The van der Waals surface area contributed by atoms with Gasteiger partial charge in [-0.3, -0.25) is 0 Å². The van der Waals surface area contributed by atoms with Crippen LogP contribution in [0.3, 0.4) is 0 Å². The van der Waals surface area contributed by atoms with Gasteiger partial charge in [-0.05, 0) is 11.5 Å². The van der Waals surface area contributed by atoms with E-state index < -0.39 is 0 Å². The molecule has 0 aliphatic carbocycles. The third-order valence-corrected chi connectivity index (χ3v) is 2.50. The minimum Gasteiger partial charge on any atom is -0.421 e. The van der Waals surface area contributed by atoms with Crippen LogP contribution in [0, 0.1) is 0 Å². The summed E-state index contributed by atoms with van der Waals surface area (Å²) >= 11 is 1.37. The Kier molecular flexibility index (Phi) is 2.05. The van der Waals surface area contributed by atoms with Crippen LogP contribution in [0.25, 0.3) is 11.7 Å². The van der Waals surface area contributed by atoms with Crippen molar-refractivity contribution < 1.29 is 4.42 Å². The van der Waals surface area contributed by atoms with Crippen molar-refractivity contribution in [2.24, 2.45) is 0 Å². The molecule has 0 amide bonds. The van der Waals surface area contributed by atoms with Gasteiger partial charge in [-0.15, -0.1) is 10.2 Å². The van der Waals surface area contributed by atoms with Gasteiger partial charge in [0.05, 0.1) is 0 Å². The van der Waals surface area contributed by atoms with Crippen molar-refractivity contribution in [1.29, 1.82) is 0 Å². The van der Waals surface area contributed by atoms with E-state index in [0.717, 1.165) is 5.01 Å². The van der Waals surface area contributed by atoms with Gasteiger partial charge < -0.3 is 4.42 Å². The van der Waals surface area contributed by atoms with Crippen LogP contribution in [-0.4, -0.2) is 19.6 Å². The molecule has 0 atom stereocenters. The molecule has 0 fully saturated rings. The zero-order valence-electron chi connectivity index (χ0n) is 7.26. The molecule has 6 heteroatoms. The molecule has 13 heavy (non-hydrogen) atoms. The number of nitrogens with zero attached hydrogens (tertiary/aromatic N) is 4. The van der Waals surface area contributed by atoms with Gasteiger partial charge in [-0.25, -0.2) is 4.98 Å². The van der Waals surface area contributed by atoms with Crippen LogP contribution in [0.1, 0.15) is 24.8 Å². The number of aromatic nitrogens is 4. The van der Waals surface area contributed by atoms with E-state index in [0.29, 0.717) is 17.6 Å². The molecule has 2 aromatic heterocycles. The number of hydrogen-bond acceptors (Lipinski definition) is 6. The zero-order valence-corrected chi connectivity index (χ0v) is 8.08. The minimum atomic E-state index is 0.378. The molecule has 0 N–H and O–H groups in total. The highest BCUT2D eigenvalue weighted by molar-refractivity contribution is 7.05. The standard InChI is InChI=1S/C7H8N4OS/c1-4(2)7-9-5(11-13-7)6-10-8-3-12-6/h3-4H,1-2H3. The first kappa shape index (κ1) is 8.31. The van der Waals surface area contributed by atoms with Gasteiger partial charge in [0.15, 0.2) is 0 Å². The highest BCUT2D eigenvalue weighted by Gasteiger charge is 2.12. The highest BCUT2D eigenvalue weighted by atomic mass is 32.1. The van der Waals surface area contributed by atoms with Crippen molar-refractivity contribution in [3.8, 4) is 11.7 Å². The average molecular weight is 196 g/mol. The normalized spacial score (nSPS) is 11.0. The fourth-order valence-corrected chi connectivity index (χ4v) is 1.46. The van der Waals surface area contributed by atoms with Crippen LogP contribution in [-0.2, 0) is 0 Å². The van der Waals surface area contributed by atoms with Crippen LogP contribution in [0.2, 0.25) is 0 Å². The summed E-state index contributed by atoms with van der Waals surface area (Å²) in [6.45, 7) is 4.14. The van der Waals surface area contributed by atoms with Crippen LogP contribution >= 0.6 is 11.5 Å². The molecule has 0 saturated carbocycles. The second-order valence-electron chi connectivity index (χ2n) is 2.85. The lowest BCUT2D eigenvalue weighted by atomic mass is 10.2. The minimum absolute atomic E-state index is 0.378. The lowest BCUT2D eigenvalue weighted by molar-refractivity contribution is 0.564. The summed E-state index contributed by atoms with van der Waals surface area (Å²) in [4.78, 5) is 4.26. The summed E-state index contributed by atoms with van der Waals surface area (Å²) in [6, 6.07) is 0. The SMILES string of the molecule is CC(C)c1nc(-c2nnco2)ns1. The summed E-state index contributed by atoms with van der Waals surface area (Å²) in [6.07, 6.45) is 1.27. The molecule has 0 unspecified atom stereocenters. The molecule has 0 aromatic carbocycles.